The molecule has 31 heavy (non-hydrogen) atoms. The molecular formula is C22H30N8S. The van der Waals surface area contributed by atoms with Crippen LogP contribution in [0, 0.1) is 5.92 Å². The van der Waals surface area contributed by atoms with Crippen molar-refractivity contribution < 1.29 is 0 Å². The Morgan fingerprint density at radius 2 is 1.97 bits per heavy atom. The lowest BCUT2D eigenvalue weighted by molar-refractivity contribution is 0.361. The van der Waals surface area contributed by atoms with Gasteiger partial charge < -0.3 is 20.4 Å². The first kappa shape index (κ1) is 20.4. The molecule has 0 spiro atoms. The molecule has 0 radical (unpaired) electrons. The van der Waals surface area contributed by atoms with Crippen molar-refractivity contribution in [1.29, 1.82) is 0 Å². The number of anilines is 4. The number of nitrogens with zero attached hydrogens (tertiary/aromatic N) is 6. The third-order valence-corrected chi connectivity index (χ3v) is 6.99. The summed E-state index contributed by atoms with van der Waals surface area (Å²) >= 11 is 1.64. The minimum atomic E-state index is 0.595. The molecule has 0 unspecified atom stereocenters. The van der Waals surface area contributed by atoms with Crippen LogP contribution < -0.4 is 20.4 Å². The van der Waals surface area contributed by atoms with Gasteiger partial charge in [0.2, 0.25) is 17.8 Å². The molecule has 0 bridgehead atoms. The van der Waals surface area contributed by atoms with E-state index in [-0.39, 0.29) is 0 Å². The van der Waals surface area contributed by atoms with Crippen molar-refractivity contribution >= 4 is 45.1 Å². The molecule has 8 nitrogen and oxygen atoms in total. The maximum Gasteiger partial charge on any atom is 0.233 e. The molecule has 9 heteroatoms. The Balaban J connectivity index is 1.41. The van der Waals surface area contributed by atoms with Gasteiger partial charge in [-0.25, -0.2) is 4.98 Å². The van der Waals surface area contributed by atoms with Gasteiger partial charge in [0.25, 0.3) is 0 Å². The van der Waals surface area contributed by atoms with Crippen molar-refractivity contribution in [1.82, 2.24) is 25.3 Å². The molecule has 0 amide bonds. The van der Waals surface area contributed by atoms with Crippen LogP contribution in [0.15, 0.2) is 23.7 Å². The highest BCUT2D eigenvalue weighted by atomic mass is 32.1. The fraction of sp³-hybridized carbons (Fsp3) is 0.545. The lowest BCUT2D eigenvalue weighted by atomic mass is 9.89. The second-order valence-electron chi connectivity index (χ2n) is 8.54. The van der Waals surface area contributed by atoms with E-state index in [1.165, 1.54) is 32.1 Å². The number of thiazole rings is 1. The molecule has 3 heterocycles. The van der Waals surface area contributed by atoms with Gasteiger partial charge >= 0.3 is 0 Å². The lowest BCUT2D eigenvalue weighted by Gasteiger charge is -2.30. The van der Waals surface area contributed by atoms with Gasteiger partial charge in [-0.3, -0.25) is 0 Å². The van der Waals surface area contributed by atoms with Crippen molar-refractivity contribution in [3.63, 3.8) is 0 Å². The van der Waals surface area contributed by atoms with Crippen LogP contribution in [0.4, 0.5) is 23.5 Å². The highest BCUT2D eigenvalue weighted by Gasteiger charge is 2.20. The Kier molecular flexibility index (Phi) is 6.13. The predicted molar refractivity (Wildman–Crippen MR) is 128 cm³/mol. The van der Waals surface area contributed by atoms with Crippen LogP contribution in [0.5, 0.6) is 0 Å². The fourth-order valence-electron chi connectivity index (χ4n) is 4.49. The second kappa shape index (κ2) is 9.32. The summed E-state index contributed by atoms with van der Waals surface area (Å²) in [6, 6.07) is 6.16. The maximum atomic E-state index is 4.86. The predicted octanol–water partition coefficient (Wildman–Crippen LogP) is 3.65. The van der Waals surface area contributed by atoms with E-state index >= 15 is 0 Å². The zero-order valence-electron chi connectivity index (χ0n) is 18.0. The van der Waals surface area contributed by atoms with E-state index in [4.69, 9.17) is 15.0 Å². The van der Waals surface area contributed by atoms with E-state index < -0.39 is 0 Å². The molecular weight excluding hydrogens is 408 g/mol. The molecule has 1 aliphatic carbocycles. The molecule has 5 rings (SSSR count). The molecule has 3 aromatic rings. The van der Waals surface area contributed by atoms with Crippen molar-refractivity contribution in [3.8, 4) is 0 Å². The molecule has 2 aromatic heterocycles. The summed E-state index contributed by atoms with van der Waals surface area (Å²) in [7, 11) is 2.11. The van der Waals surface area contributed by atoms with Crippen LogP contribution in [-0.2, 0) is 0 Å². The quantitative estimate of drug-likeness (QED) is 0.604. The molecule has 1 aliphatic heterocycles. The zero-order valence-corrected chi connectivity index (χ0v) is 18.9. The van der Waals surface area contributed by atoms with Crippen LogP contribution in [0.3, 0.4) is 0 Å². The van der Waals surface area contributed by atoms with Gasteiger partial charge in [-0.1, -0.05) is 19.3 Å². The topological polar surface area (TPSA) is 82.1 Å². The van der Waals surface area contributed by atoms with Crippen LogP contribution in [-0.4, -0.2) is 59.7 Å². The summed E-state index contributed by atoms with van der Waals surface area (Å²) in [5.74, 6) is 2.82. The number of hydrogen-bond donors (Lipinski definition) is 2. The number of aromatic nitrogens is 4. The highest BCUT2D eigenvalue weighted by Crippen LogP contribution is 2.27. The molecule has 2 N–H and O–H groups in total. The van der Waals surface area contributed by atoms with Gasteiger partial charge in [0.1, 0.15) is 0 Å². The standard InChI is InChI=1S/C22H30N8S/c1-29(14-16-5-3-2-4-6-16)21-26-20(27-22(28-21)30-11-9-23-10-12-30)25-17-7-8-18-19(13-17)31-15-24-18/h7-8,13,15-16,23H,2-6,9-12,14H2,1H3,(H,25,26,27,28). The average molecular weight is 439 g/mol. The average Bonchev–Trinajstić information content (AvgIpc) is 3.28. The molecule has 0 atom stereocenters. The highest BCUT2D eigenvalue weighted by molar-refractivity contribution is 7.16. The number of hydrogen-bond acceptors (Lipinski definition) is 9. The SMILES string of the molecule is CN(CC1CCCCC1)c1nc(Nc2ccc3ncsc3c2)nc(N2CCNCC2)n1. The minimum absolute atomic E-state index is 0.595. The van der Waals surface area contributed by atoms with Gasteiger partial charge in [0.15, 0.2) is 0 Å². The lowest BCUT2D eigenvalue weighted by Crippen LogP contribution is -2.44. The smallest absolute Gasteiger partial charge is 0.233 e. The Bertz CT molecular complexity index is 1010. The number of rotatable bonds is 6. The van der Waals surface area contributed by atoms with E-state index in [2.05, 4.69) is 38.5 Å². The molecule has 1 aromatic carbocycles. The first-order chi connectivity index (χ1) is 15.2. The summed E-state index contributed by atoms with van der Waals surface area (Å²) < 4.78 is 1.15. The summed E-state index contributed by atoms with van der Waals surface area (Å²) in [4.78, 5) is 23.2. The van der Waals surface area contributed by atoms with Crippen LogP contribution in [0.1, 0.15) is 32.1 Å². The minimum Gasteiger partial charge on any atom is -0.343 e. The van der Waals surface area contributed by atoms with E-state index in [0.717, 1.165) is 66.4 Å². The normalized spacial score (nSPS) is 17.8. The molecule has 164 valence electrons. The van der Waals surface area contributed by atoms with Crippen LogP contribution in [0.2, 0.25) is 0 Å². The largest absolute Gasteiger partial charge is 0.343 e. The Labute approximate surface area is 187 Å². The van der Waals surface area contributed by atoms with Crippen molar-refractivity contribution in [3.05, 3.63) is 23.7 Å². The fourth-order valence-corrected chi connectivity index (χ4v) is 5.20. The first-order valence-corrected chi connectivity index (χ1v) is 12.2. The Morgan fingerprint density at radius 1 is 1.13 bits per heavy atom. The van der Waals surface area contributed by atoms with Gasteiger partial charge in [-0.15, -0.1) is 11.3 Å². The molecule has 2 fully saturated rings. The number of nitrogens with one attached hydrogen (secondary N) is 2. The van der Waals surface area contributed by atoms with Gasteiger partial charge in [-0.2, -0.15) is 15.0 Å². The van der Waals surface area contributed by atoms with E-state index in [0.29, 0.717) is 5.95 Å². The van der Waals surface area contributed by atoms with Gasteiger partial charge in [0.05, 0.1) is 15.7 Å². The molecule has 1 saturated carbocycles. The third-order valence-electron chi connectivity index (χ3n) is 6.20. The summed E-state index contributed by atoms with van der Waals surface area (Å²) in [5.41, 5.74) is 3.86. The zero-order chi connectivity index (χ0) is 21.0. The van der Waals surface area contributed by atoms with E-state index in [1.807, 2.05) is 17.6 Å². The number of benzene rings is 1. The van der Waals surface area contributed by atoms with Crippen molar-refractivity contribution in [2.75, 3.05) is 54.9 Å². The first-order valence-electron chi connectivity index (χ1n) is 11.3. The monoisotopic (exact) mass is 438 g/mol. The molecule has 1 saturated heterocycles. The van der Waals surface area contributed by atoms with Crippen LogP contribution >= 0.6 is 11.3 Å². The van der Waals surface area contributed by atoms with E-state index in [9.17, 15) is 0 Å². The van der Waals surface area contributed by atoms with E-state index in [1.54, 1.807) is 11.3 Å². The van der Waals surface area contributed by atoms with Gasteiger partial charge in [0, 0.05) is 45.5 Å². The number of piperazine rings is 1. The third kappa shape index (κ3) is 4.88. The Morgan fingerprint density at radius 3 is 2.81 bits per heavy atom. The van der Waals surface area contributed by atoms with Crippen molar-refractivity contribution in [2.24, 2.45) is 5.92 Å². The summed E-state index contributed by atoms with van der Waals surface area (Å²) in [6.45, 7) is 4.70. The van der Waals surface area contributed by atoms with Crippen molar-refractivity contribution in [2.45, 2.75) is 32.1 Å². The van der Waals surface area contributed by atoms with Crippen LogP contribution in [0.25, 0.3) is 10.2 Å². The Hall–Kier alpha value is -2.52. The van der Waals surface area contributed by atoms with Gasteiger partial charge in [-0.05, 0) is 37.0 Å². The summed E-state index contributed by atoms with van der Waals surface area (Å²) in [5, 5.41) is 6.81. The maximum absolute atomic E-state index is 4.86. The second-order valence-corrected chi connectivity index (χ2v) is 9.43. The molecule has 2 aliphatic rings. The number of fused-ring (bicyclic) bond motifs is 1. The summed E-state index contributed by atoms with van der Waals surface area (Å²) in [6.07, 6.45) is 6.67.